The van der Waals surface area contributed by atoms with E-state index in [0.717, 1.165) is 30.6 Å². The summed E-state index contributed by atoms with van der Waals surface area (Å²) >= 11 is 0. The smallest absolute Gasteiger partial charge is 0.232 e. The molecule has 0 radical (unpaired) electrons. The van der Waals surface area contributed by atoms with E-state index in [1.807, 2.05) is 32.9 Å². The van der Waals surface area contributed by atoms with Crippen molar-refractivity contribution in [2.45, 2.75) is 45.6 Å². The van der Waals surface area contributed by atoms with Gasteiger partial charge in [0, 0.05) is 17.6 Å². The Morgan fingerprint density at radius 3 is 2.72 bits per heavy atom. The summed E-state index contributed by atoms with van der Waals surface area (Å²) in [7, 11) is -3.31. The number of sulfonamides is 1. The molecule has 2 aromatic rings. The van der Waals surface area contributed by atoms with Crippen LogP contribution in [-0.4, -0.2) is 31.4 Å². The second-order valence-electron chi connectivity index (χ2n) is 7.47. The van der Waals surface area contributed by atoms with Crippen molar-refractivity contribution < 1.29 is 12.9 Å². The maximum Gasteiger partial charge on any atom is 0.232 e. The van der Waals surface area contributed by atoms with E-state index in [0.29, 0.717) is 23.9 Å². The minimum Gasteiger partial charge on any atom is -0.364 e. The topological polar surface area (TPSA) is 88.3 Å². The molecular formula is C17H24N4O3S. The van der Waals surface area contributed by atoms with Crippen LogP contribution in [0, 0.1) is 0 Å². The molecule has 7 nitrogen and oxygen atoms in total. The predicted molar refractivity (Wildman–Crippen MR) is 97.3 cm³/mol. The SMILES string of the molecule is CC(C)(C)c1nc(CN2CCCc3c(NS(C)(=O)=O)cccc32)no1. The Labute approximate surface area is 148 Å². The molecule has 1 aromatic carbocycles. The fourth-order valence-electron chi connectivity index (χ4n) is 2.95. The Morgan fingerprint density at radius 1 is 1.32 bits per heavy atom. The number of benzene rings is 1. The summed E-state index contributed by atoms with van der Waals surface area (Å²) in [6.07, 6.45) is 2.95. The molecule has 8 heteroatoms. The number of hydrogen-bond donors (Lipinski definition) is 1. The standard InChI is InChI=1S/C17H24N4O3S/c1-17(2,3)16-18-15(19-24-16)11-21-10-6-7-12-13(20-25(4,22)23)8-5-9-14(12)21/h5,8-9,20H,6-7,10-11H2,1-4H3. The number of nitrogens with zero attached hydrogens (tertiary/aromatic N) is 3. The zero-order valence-electron chi connectivity index (χ0n) is 15.0. The molecule has 3 rings (SSSR count). The number of nitrogens with one attached hydrogen (secondary N) is 1. The molecule has 0 spiro atoms. The summed E-state index contributed by atoms with van der Waals surface area (Å²) in [4.78, 5) is 6.67. The van der Waals surface area contributed by atoms with Gasteiger partial charge in [0.05, 0.1) is 18.5 Å². The number of anilines is 2. The average molecular weight is 364 g/mol. The predicted octanol–water partition coefficient (Wildman–Crippen LogP) is 2.69. The van der Waals surface area contributed by atoms with Gasteiger partial charge in [0.15, 0.2) is 5.82 Å². The van der Waals surface area contributed by atoms with Crippen molar-refractivity contribution in [2.75, 3.05) is 22.4 Å². The molecule has 1 aromatic heterocycles. The molecule has 0 atom stereocenters. The van der Waals surface area contributed by atoms with Crippen molar-refractivity contribution in [3.8, 4) is 0 Å². The van der Waals surface area contributed by atoms with E-state index in [1.165, 1.54) is 6.26 Å². The zero-order chi connectivity index (χ0) is 18.2. The van der Waals surface area contributed by atoms with Crippen molar-refractivity contribution in [3.63, 3.8) is 0 Å². The summed E-state index contributed by atoms with van der Waals surface area (Å²) < 4.78 is 31.2. The van der Waals surface area contributed by atoms with E-state index >= 15 is 0 Å². The highest BCUT2D eigenvalue weighted by Crippen LogP contribution is 2.34. The normalized spacial score (nSPS) is 15.1. The third-order valence-corrected chi connectivity index (χ3v) is 4.67. The van der Waals surface area contributed by atoms with Gasteiger partial charge in [-0.25, -0.2) is 8.42 Å². The van der Waals surface area contributed by atoms with Gasteiger partial charge in [-0.3, -0.25) is 4.72 Å². The van der Waals surface area contributed by atoms with Crippen molar-refractivity contribution in [1.29, 1.82) is 0 Å². The quantitative estimate of drug-likeness (QED) is 0.897. The molecule has 0 saturated carbocycles. The van der Waals surface area contributed by atoms with Crippen LogP contribution in [0.1, 0.15) is 44.5 Å². The lowest BCUT2D eigenvalue weighted by Gasteiger charge is -2.31. The molecule has 0 fully saturated rings. The highest BCUT2D eigenvalue weighted by atomic mass is 32.2. The minimum absolute atomic E-state index is 0.183. The Kier molecular flexibility index (Phi) is 4.49. The minimum atomic E-state index is -3.31. The summed E-state index contributed by atoms with van der Waals surface area (Å²) in [5.41, 5.74) is 2.49. The first-order valence-corrected chi connectivity index (χ1v) is 10.2. The lowest BCUT2D eigenvalue weighted by Crippen LogP contribution is -2.30. The maximum atomic E-state index is 11.6. The third kappa shape index (κ3) is 4.12. The van der Waals surface area contributed by atoms with Gasteiger partial charge in [-0.1, -0.05) is 32.0 Å². The van der Waals surface area contributed by atoms with Gasteiger partial charge in [-0.15, -0.1) is 0 Å². The van der Waals surface area contributed by atoms with Crippen molar-refractivity contribution in [2.24, 2.45) is 0 Å². The molecule has 0 bridgehead atoms. The van der Waals surface area contributed by atoms with Crippen LogP contribution in [0.3, 0.4) is 0 Å². The summed E-state index contributed by atoms with van der Waals surface area (Å²) in [6.45, 7) is 7.50. The zero-order valence-corrected chi connectivity index (χ0v) is 15.9. The first kappa shape index (κ1) is 17.7. The Hall–Kier alpha value is -2.09. The molecule has 25 heavy (non-hydrogen) atoms. The van der Waals surface area contributed by atoms with E-state index < -0.39 is 10.0 Å². The largest absolute Gasteiger partial charge is 0.364 e. The molecule has 1 N–H and O–H groups in total. The molecule has 2 heterocycles. The first-order valence-electron chi connectivity index (χ1n) is 8.31. The Balaban J connectivity index is 1.87. The van der Waals surface area contributed by atoms with Crippen molar-refractivity contribution >= 4 is 21.4 Å². The van der Waals surface area contributed by atoms with Crippen LogP contribution in [0.5, 0.6) is 0 Å². The molecular weight excluding hydrogens is 340 g/mol. The second kappa shape index (κ2) is 6.33. The van der Waals surface area contributed by atoms with Gasteiger partial charge in [-0.05, 0) is 30.5 Å². The fourth-order valence-corrected chi connectivity index (χ4v) is 3.54. The number of rotatable bonds is 4. The van der Waals surface area contributed by atoms with Gasteiger partial charge < -0.3 is 9.42 Å². The monoisotopic (exact) mass is 364 g/mol. The van der Waals surface area contributed by atoms with Crippen LogP contribution in [-0.2, 0) is 28.4 Å². The molecule has 0 saturated heterocycles. The van der Waals surface area contributed by atoms with Crippen LogP contribution in [0.4, 0.5) is 11.4 Å². The molecule has 1 aliphatic rings. The number of fused-ring (bicyclic) bond motifs is 1. The van der Waals surface area contributed by atoms with E-state index in [1.54, 1.807) is 6.07 Å². The van der Waals surface area contributed by atoms with Gasteiger partial charge in [0.2, 0.25) is 15.9 Å². The van der Waals surface area contributed by atoms with Gasteiger partial charge in [-0.2, -0.15) is 4.98 Å². The third-order valence-electron chi connectivity index (χ3n) is 4.08. The fraction of sp³-hybridized carbons (Fsp3) is 0.529. The average Bonchev–Trinajstić information content (AvgIpc) is 2.95. The molecule has 1 aliphatic heterocycles. The van der Waals surface area contributed by atoms with Gasteiger partial charge >= 0.3 is 0 Å². The van der Waals surface area contributed by atoms with Crippen LogP contribution < -0.4 is 9.62 Å². The van der Waals surface area contributed by atoms with Crippen molar-refractivity contribution in [3.05, 3.63) is 35.5 Å². The van der Waals surface area contributed by atoms with Gasteiger partial charge in [0.1, 0.15) is 0 Å². The highest BCUT2D eigenvalue weighted by Gasteiger charge is 2.25. The number of aromatic nitrogens is 2. The molecule has 0 unspecified atom stereocenters. The van der Waals surface area contributed by atoms with E-state index in [-0.39, 0.29) is 5.41 Å². The summed E-state index contributed by atoms with van der Waals surface area (Å²) in [6, 6.07) is 5.67. The highest BCUT2D eigenvalue weighted by molar-refractivity contribution is 7.92. The first-order chi connectivity index (χ1) is 11.6. The van der Waals surface area contributed by atoms with Crippen LogP contribution in [0.2, 0.25) is 0 Å². The van der Waals surface area contributed by atoms with Crippen LogP contribution in [0.15, 0.2) is 22.7 Å². The van der Waals surface area contributed by atoms with Gasteiger partial charge in [0.25, 0.3) is 0 Å². The lowest BCUT2D eigenvalue weighted by atomic mass is 9.97. The molecule has 0 amide bonds. The molecule has 136 valence electrons. The molecule has 0 aliphatic carbocycles. The van der Waals surface area contributed by atoms with Crippen molar-refractivity contribution in [1.82, 2.24) is 10.1 Å². The van der Waals surface area contributed by atoms with E-state index in [2.05, 4.69) is 19.8 Å². The lowest BCUT2D eigenvalue weighted by molar-refractivity contribution is 0.318. The Morgan fingerprint density at radius 2 is 2.08 bits per heavy atom. The summed E-state index contributed by atoms with van der Waals surface area (Å²) in [5.74, 6) is 1.26. The number of hydrogen-bond acceptors (Lipinski definition) is 6. The maximum absolute atomic E-state index is 11.6. The second-order valence-corrected chi connectivity index (χ2v) is 9.22. The van der Waals surface area contributed by atoms with Crippen LogP contribution >= 0.6 is 0 Å². The van der Waals surface area contributed by atoms with E-state index in [4.69, 9.17) is 4.52 Å². The van der Waals surface area contributed by atoms with Crippen LogP contribution in [0.25, 0.3) is 0 Å². The van der Waals surface area contributed by atoms with E-state index in [9.17, 15) is 8.42 Å². The summed E-state index contributed by atoms with van der Waals surface area (Å²) in [5, 5.41) is 4.09. The Bertz CT molecular complexity index is 868.